The van der Waals surface area contributed by atoms with Gasteiger partial charge in [0.2, 0.25) is 5.43 Å². The van der Waals surface area contributed by atoms with Gasteiger partial charge in [0.1, 0.15) is 10.4 Å². The molecule has 0 aromatic carbocycles. The minimum Gasteiger partial charge on any atom is -0.365 e. The third kappa shape index (κ3) is 1.22. The molecule has 0 aliphatic carbocycles. The number of aromatic amines is 1. The minimum atomic E-state index is -0.697. The van der Waals surface area contributed by atoms with Gasteiger partial charge in [-0.25, -0.2) is 0 Å². The molecule has 0 bridgehead atoms. The van der Waals surface area contributed by atoms with Crippen LogP contribution in [0.5, 0.6) is 0 Å². The number of primary amides is 1. The summed E-state index contributed by atoms with van der Waals surface area (Å²) in [5.74, 6) is -0.697. The number of carbonyl (C=O) groups is 1. The number of carbonyl (C=O) groups excluding carboxylic acids is 1. The van der Waals surface area contributed by atoms with Crippen molar-refractivity contribution >= 4 is 27.5 Å². The summed E-state index contributed by atoms with van der Waals surface area (Å²) in [5.41, 5.74) is 4.77. The zero-order chi connectivity index (χ0) is 10.3. The molecule has 72 valence electrons. The van der Waals surface area contributed by atoms with Gasteiger partial charge < -0.3 is 10.7 Å². The molecule has 0 aliphatic rings. The molecule has 14 heavy (non-hydrogen) atoms. The Kier molecular flexibility index (Phi) is 1.89. The number of H-pyrrole nitrogens is 1. The van der Waals surface area contributed by atoms with Crippen molar-refractivity contribution in [1.29, 1.82) is 0 Å². The average Bonchev–Trinajstić information content (AvgIpc) is 2.46. The lowest BCUT2D eigenvalue weighted by Crippen LogP contribution is -2.21. The molecule has 1 amide bonds. The number of hydrogen-bond acceptors (Lipinski definition) is 3. The van der Waals surface area contributed by atoms with Crippen LogP contribution in [-0.4, -0.2) is 10.9 Å². The molecule has 5 heteroatoms. The van der Waals surface area contributed by atoms with Crippen molar-refractivity contribution in [3.05, 3.63) is 32.9 Å². The Morgan fingerprint density at radius 3 is 2.93 bits per heavy atom. The highest BCUT2D eigenvalue weighted by Crippen LogP contribution is 2.19. The van der Waals surface area contributed by atoms with Crippen LogP contribution in [0, 0.1) is 6.92 Å². The lowest BCUT2D eigenvalue weighted by molar-refractivity contribution is 0.0999. The summed E-state index contributed by atoms with van der Waals surface area (Å²) in [7, 11) is 0. The van der Waals surface area contributed by atoms with Gasteiger partial charge in [-0.05, 0) is 13.0 Å². The van der Waals surface area contributed by atoms with E-state index in [0.29, 0.717) is 5.39 Å². The van der Waals surface area contributed by atoms with Gasteiger partial charge in [0.25, 0.3) is 5.91 Å². The van der Waals surface area contributed by atoms with Gasteiger partial charge in [-0.15, -0.1) is 11.3 Å². The highest BCUT2D eigenvalue weighted by atomic mass is 32.1. The van der Waals surface area contributed by atoms with E-state index < -0.39 is 5.91 Å². The molecule has 2 aromatic rings. The summed E-state index contributed by atoms with van der Waals surface area (Å²) in [5, 5.41) is 0.531. The summed E-state index contributed by atoms with van der Waals surface area (Å²) in [6.07, 6.45) is 1.36. The van der Waals surface area contributed by atoms with E-state index in [1.165, 1.54) is 17.5 Å². The van der Waals surface area contributed by atoms with Crippen LogP contribution in [0.15, 0.2) is 17.1 Å². The van der Waals surface area contributed by atoms with Crippen LogP contribution < -0.4 is 11.2 Å². The zero-order valence-electron chi connectivity index (χ0n) is 7.46. The number of rotatable bonds is 1. The Balaban J connectivity index is 2.88. The quantitative estimate of drug-likeness (QED) is 0.733. The van der Waals surface area contributed by atoms with Crippen molar-refractivity contribution in [3.8, 4) is 0 Å². The summed E-state index contributed by atoms with van der Waals surface area (Å²) in [6.45, 7) is 1.90. The van der Waals surface area contributed by atoms with Crippen LogP contribution in [0.3, 0.4) is 0 Å². The summed E-state index contributed by atoms with van der Waals surface area (Å²) in [4.78, 5) is 27.2. The molecule has 2 aromatic heterocycles. The van der Waals surface area contributed by atoms with Crippen molar-refractivity contribution in [2.24, 2.45) is 5.73 Å². The number of aryl methyl sites for hydroxylation is 1. The smallest absolute Gasteiger partial charge is 0.254 e. The van der Waals surface area contributed by atoms with E-state index in [1.807, 2.05) is 6.92 Å². The number of nitrogens with one attached hydrogen (secondary N) is 1. The summed E-state index contributed by atoms with van der Waals surface area (Å²) < 4.78 is 0. The van der Waals surface area contributed by atoms with E-state index in [-0.39, 0.29) is 11.0 Å². The largest absolute Gasteiger partial charge is 0.365 e. The van der Waals surface area contributed by atoms with Crippen LogP contribution in [0.25, 0.3) is 10.2 Å². The molecule has 0 radical (unpaired) electrons. The second kappa shape index (κ2) is 2.95. The van der Waals surface area contributed by atoms with E-state index in [9.17, 15) is 9.59 Å². The van der Waals surface area contributed by atoms with Crippen molar-refractivity contribution in [2.75, 3.05) is 0 Å². The van der Waals surface area contributed by atoms with Gasteiger partial charge in [0, 0.05) is 11.1 Å². The first-order valence-electron chi connectivity index (χ1n) is 4.01. The normalized spacial score (nSPS) is 10.6. The molecule has 0 saturated carbocycles. The molecule has 0 atom stereocenters. The molecule has 0 fully saturated rings. The Morgan fingerprint density at radius 2 is 2.29 bits per heavy atom. The molecule has 0 spiro atoms. The molecule has 0 saturated heterocycles. The van der Waals surface area contributed by atoms with Crippen molar-refractivity contribution in [2.45, 2.75) is 6.92 Å². The average molecular weight is 208 g/mol. The SMILES string of the molecule is Cc1cc2c(=O)c(C(N)=O)c[nH]c2s1. The maximum Gasteiger partial charge on any atom is 0.254 e. The van der Waals surface area contributed by atoms with Crippen LogP contribution in [-0.2, 0) is 0 Å². The van der Waals surface area contributed by atoms with Crippen molar-refractivity contribution in [1.82, 2.24) is 4.98 Å². The Hall–Kier alpha value is -1.62. The maximum atomic E-state index is 11.7. The second-order valence-electron chi connectivity index (χ2n) is 3.00. The summed E-state index contributed by atoms with van der Waals surface area (Å²) >= 11 is 1.48. The Bertz CT molecular complexity index is 568. The maximum absolute atomic E-state index is 11.7. The van der Waals surface area contributed by atoms with Gasteiger partial charge in [-0.3, -0.25) is 9.59 Å². The minimum absolute atomic E-state index is 0.00954. The first-order chi connectivity index (χ1) is 6.59. The highest BCUT2D eigenvalue weighted by molar-refractivity contribution is 7.18. The zero-order valence-corrected chi connectivity index (χ0v) is 8.27. The first kappa shape index (κ1) is 8.96. The van der Waals surface area contributed by atoms with Crippen LogP contribution in [0.1, 0.15) is 15.2 Å². The molecule has 2 heterocycles. The van der Waals surface area contributed by atoms with E-state index >= 15 is 0 Å². The van der Waals surface area contributed by atoms with E-state index in [4.69, 9.17) is 5.73 Å². The van der Waals surface area contributed by atoms with Gasteiger partial charge in [0.05, 0.1) is 5.39 Å². The number of aromatic nitrogens is 1. The predicted molar refractivity (Wildman–Crippen MR) is 55.7 cm³/mol. The Morgan fingerprint density at radius 1 is 1.57 bits per heavy atom. The first-order valence-corrected chi connectivity index (χ1v) is 4.83. The van der Waals surface area contributed by atoms with Crippen LogP contribution >= 0.6 is 11.3 Å². The number of amides is 1. The van der Waals surface area contributed by atoms with Gasteiger partial charge in [-0.2, -0.15) is 0 Å². The van der Waals surface area contributed by atoms with Crippen molar-refractivity contribution in [3.63, 3.8) is 0 Å². The number of fused-ring (bicyclic) bond motifs is 1. The van der Waals surface area contributed by atoms with Gasteiger partial charge >= 0.3 is 0 Å². The predicted octanol–water partition coefficient (Wildman–Crippen LogP) is 0.997. The number of pyridine rings is 1. The third-order valence-electron chi connectivity index (χ3n) is 1.96. The fraction of sp³-hybridized carbons (Fsp3) is 0.111. The number of thiophene rings is 1. The monoisotopic (exact) mass is 208 g/mol. The molecule has 4 nitrogen and oxygen atoms in total. The Labute approximate surface area is 83.4 Å². The van der Waals surface area contributed by atoms with Crippen LogP contribution in [0.2, 0.25) is 0 Å². The fourth-order valence-electron chi connectivity index (χ4n) is 1.32. The van der Waals surface area contributed by atoms with Crippen molar-refractivity contribution < 1.29 is 4.79 Å². The van der Waals surface area contributed by atoms with Gasteiger partial charge in [-0.1, -0.05) is 0 Å². The lowest BCUT2D eigenvalue weighted by atomic mass is 10.2. The topological polar surface area (TPSA) is 76.0 Å². The highest BCUT2D eigenvalue weighted by Gasteiger charge is 2.10. The van der Waals surface area contributed by atoms with Crippen LogP contribution in [0.4, 0.5) is 0 Å². The summed E-state index contributed by atoms with van der Waals surface area (Å²) in [6, 6.07) is 1.76. The molecular formula is C9H8N2O2S. The number of hydrogen-bond donors (Lipinski definition) is 2. The molecule has 3 N–H and O–H groups in total. The molecule has 0 aliphatic heterocycles. The van der Waals surface area contributed by atoms with E-state index in [0.717, 1.165) is 9.71 Å². The number of nitrogens with two attached hydrogens (primary N) is 1. The molecular weight excluding hydrogens is 200 g/mol. The molecule has 0 unspecified atom stereocenters. The van der Waals surface area contributed by atoms with E-state index in [1.54, 1.807) is 6.07 Å². The lowest BCUT2D eigenvalue weighted by Gasteiger charge is -1.93. The second-order valence-corrected chi connectivity index (χ2v) is 4.25. The third-order valence-corrected chi connectivity index (χ3v) is 2.94. The van der Waals surface area contributed by atoms with E-state index in [2.05, 4.69) is 4.98 Å². The molecule has 2 rings (SSSR count). The van der Waals surface area contributed by atoms with Gasteiger partial charge in [0.15, 0.2) is 0 Å². The fourth-order valence-corrected chi connectivity index (χ4v) is 2.20. The standard InChI is InChI=1S/C9H8N2O2S/c1-4-2-5-7(12)6(8(10)13)3-11-9(5)14-4/h2-3H,1H3,(H2,10,13)(H,11,12).